The molecule has 7 nitrogen and oxygen atoms in total. The number of benzene rings is 3. The van der Waals surface area contributed by atoms with E-state index in [9.17, 15) is 4.79 Å². The van der Waals surface area contributed by atoms with Crippen LogP contribution in [0.25, 0.3) is 0 Å². The average molecular weight is 609 g/mol. The first-order chi connectivity index (χ1) is 16.9. The van der Waals surface area contributed by atoms with E-state index in [1.165, 1.54) is 0 Å². The Morgan fingerprint density at radius 3 is 2.37 bits per heavy atom. The van der Waals surface area contributed by atoms with Crippen molar-refractivity contribution in [2.24, 2.45) is 5.10 Å². The highest BCUT2D eigenvalue weighted by molar-refractivity contribution is 14.1. The molecule has 0 spiro atoms. The first kappa shape index (κ1) is 26.6. The molecule has 0 fully saturated rings. The molecule has 9 heteroatoms. The van der Waals surface area contributed by atoms with E-state index in [0.717, 1.165) is 20.3 Å². The zero-order valence-electron chi connectivity index (χ0n) is 19.6. The molecule has 0 aromatic heterocycles. The number of nitrogens with one attached hydrogen (secondary N) is 1. The minimum Gasteiger partial charge on any atom is -0.493 e. The van der Waals surface area contributed by atoms with Gasteiger partial charge in [0, 0.05) is 5.02 Å². The number of amides is 1. The summed E-state index contributed by atoms with van der Waals surface area (Å²) in [7, 11) is 3.12. The van der Waals surface area contributed by atoms with E-state index < -0.39 is 0 Å². The van der Waals surface area contributed by atoms with Gasteiger partial charge in [0.2, 0.25) is 5.91 Å². The van der Waals surface area contributed by atoms with Gasteiger partial charge in [-0.15, -0.1) is 0 Å². The predicted molar refractivity (Wildman–Crippen MR) is 145 cm³/mol. The van der Waals surface area contributed by atoms with Gasteiger partial charge in [0.25, 0.3) is 0 Å². The third-order valence-corrected chi connectivity index (χ3v) is 5.90. The summed E-state index contributed by atoms with van der Waals surface area (Å²) in [6.07, 6.45) is 1.72. The van der Waals surface area contributed by atoms with Crippen molar-refractivity contribution in [2.75, 3.05) is 20.8 Å². The van der Waals surface area contributed by atoms with Gasteiger partial charge in [-0.2, -0.15) is 5.10 Å². The lowest BCUT2D eigenvalue weighted by molar-refractivity contribution is -0.120. The zero-order chi connectivity index (χ0) is 25.2. The van der Waals surface area contributed by atoms with Crippen molar-refractivity contribution >= 4 is 46.3 Å². The molecule has 3 aromatic carbocycles. The number of halogens is 2. The Labute approximate surface area is 223 Å². The first-order valence-electron chi connectivity index (χ1n) is 10.8. The van der Waals surface area contributed by atoms with Gasteiger partial charge in [-0.3, -0.25) is 4.79 Å². The maximum atomic E-state index is 12.3. The summed E-state index contributed by atoms with van der Waals surface area (Å²) in [5.41, 5.74) is 5.10. The van der Waals surface area contributed by atoms with Crippen molar-refractivity contribution in [2.45, 2.75) is 20.0 Å². The number of hydrazone groups is 1. The van der Waals surface area contributed by atoms with E-state index in [0.29, 0.717) is 41.2 Å². The summed E-state index contributed by atoms with van der Waals surface area (Å²) in [5.74, 6) is 2.17. The molecule has 0 aliphatic heterocycles. The van der Waals surface area contributed by atoms with E-state index in [2.05, 4.69) is 33.1 Å². The van der Waals surface area contributed by atoms with Gasteiger partial charge >= 0.3 is 0 Å². The number of ether oxygens (including phenoxy) is 4. The monoisotopic (exact) mass is 608 g/mol. The molecule has 0 atom stereocenters. The molecule has 1 N–H and O–H groups in total. The van der Waals surface area contributed by atoms with Gasteiger partial charge < -0.3 is 18.9 Å². The van der Waals surface area contributed by atoms with Gasteiger partial charge in [-0.25, -0.2) is 5.43 Å². The van der Waals surface area contributed by atoms with Gasteiger partial charge in [-0.05, 0) is 82.6 Å². The number of methoxy groups -OCH3 is 2. The number of rotatable bonds is 11. The van der Waals surface area contributed by atoms with Crippen molar-refractivity contribution in [1.29, 1.82) is 0 Å². The van der Waals surface area contributed by atoms with Crippen molar-refractivity contribution in [3.8, 4) is 23.0 Å². The summed E-state index contributed by atoms with van der Waals surface area (Å²) in [5, 5.41) is 4.77. The van der Waals surface area contributed by atoms with E-state index in [1.54, 1.807) is 32.6 Å². The fourth-order valence-electron chi connectivity index (χ4n) is 3.20. The maximum Gasteiger partial charge on any atom is 0.244 e. The Hall–Kier alpha value is -2.98. The normalized spacial score (nSPS) is 10.8. The summed E-state index contributed by atoms with van der Waals surface area (Å²) < 4.78 is 23.2. The van der Waals surface area contributed by atoms with Crippen molar-refractivity contribution in [3.05, 3.63) is 79.9 Å². The summed E-state index contributed by atoms with van der Waals surface area (Å²) in [6, 6.07) is 16.6. The largest absolute Gasteiger partial charge is 0.493 e. The van der Waals surface area contributed by atoms with Gasteiger partial charge in [0.15, 0.2) is 23.0 Å². The Morgan fingerprint density at radius 1 is 0.971 bits per heavy atom. The Bertz CT molecular complexity index is 1190. The third-order valence-electron chi connectivity index (χ3n) is 4.84. The predicted octanol–water partition coefficient (Wildman–Crippen LogP) is 5.63. The molecule has 0 bridgehead atoms. The van der Waals surface area contributed by atoms with Crippen molar-refractivity contribution in [1.82, 2.24) is 5.43 Å². The van der Waals surface area contributed by atoms with Gasteiger partial charge in [-0.1, -0.05) is 29.8 Å². The molecular formula is C26H26ClIN2O5. The number of carbonyl (C=O) groups excluding carboxylic acids is 1. The van der Waals surface area contributed by atoms with E-state index in [4.69, 9.17) is 30.5 Å². The SMILES string of the molecule is CCOc1cc(/C=N/NC(=O)Cc2ccc(OC)c(OC)c2)cc(I)c1OCc1ccc(Cl)cc1. The summed E-state index contributed by atoms with van der Waals surface area (Å²) >= 11 is 8.15. The zero-order valence-corrected chi connectivity index (χ0v) is 22.6. The molecule has 0 aliphatic carbocycles. The lowest BCUT2D eigenvalue weighted by Gasteiger charge is -2.15. The Kier molecular flexibility index (Phi) is 10.0. The highest BCUT2D eigenvalue weighted by atomic mass is 127. The number of hydrogen-bond donors (Lipinski definition) is 1. The van der Waals surface area contributed by atoms with Crippen LogP contribution in [0, 0.1) is 3.57 Å². The smallest absolute Gasteiger partial charge is 0.244 e. The third kappa shape index (κ3) is 7.76. The molecule has 3 rings (SSSR count). The van der Waals surface area contributed by atoms with Crippen molar-refractivity contribution in [3.63, 3.8) is 0 Å². The highest BCUT2D eigenvalue weighted by Crippen LogP contribution is 2.34. The maximum absolute atomic E-state index is 12.3. The summed E-state index contributed by atoms with van der Waals surface area (Å²) in [6.45, 7) is 2.77. The topological polar surface area (TPSA) is 78.4 Å². The van der Waals surface area contributed by atoms with Crippen LogP contribution in [0.2, 0.25) is 5.02 Å². The second-order valence-corrected chi connectivity index (χ2v) is 8.94. The molecule has 0 radical (unpaired) electrons. The lowest BCUT2D eigenvalue weighted by Crippen LogP contribution is -2.19. The van der Waals surface area contributed by atoms with Crippen LogP contribution in [0.4, 0.5) is 0 Å². The standard InChI is InChI=1S/C26H26ClIN2O5/c1-4-34-24-13-19(11-21(28)26(24)35-16-17-5-8-20(27)9-6-17)15-29-30-25(31)14-18-7-10-22(32-2)23(12-18)33-3/h5-13,15H,4,14,16H2,1-3H3,(H,30,31)/b29-15+. The minimum absolute atomic E-state index is 0.150. The fraction of sp³-hybridized carbons (Fsp3) is 0.231. The van der Waals surface area contributed by atoms with Crippen LogP contribution in [-0.4, -0.2) is 32.9 Å². The fourth-order valence-corrected chi connectivity index (χ4v) is 4.10. The molecule has 35 heavy (non-hydrogen) atoms. The molecule has 0 heterocycles. The van der Waals surface area contributed by atoms with Crippen LogP contribution >= 0.6 is 34.2 Å². The molecule has 0 saturated heterocycles. The first-order valence-corrected chi connectivity index (χ1v) is 12.3. The number of nitrogens with zero attached hydrogens (tertiary/aromatic N) is 1. The Morgan fingerprint density at radius 2 is 1.69 bits per heavy atom. The van der Waals surface area contributed by atoms with Crippen LogP contribution in [0.5, 0.6) is 23.0 Å². The molecule has 0 unspecified atom stereocenters. The van der Waals surface area contributed by atoms with E-state index in [-0.39, 0.29) is 12.3 Å². The molecule has 0 aliphatic rings. The van der Waals surface area contributed by atoms with Gasteiger partial charge in [0.1, 0.15) is 6.61 Å². The number of hydrogen-bond acceptors (Lipinski definition) is 6. The molecule has 184 valence electrons. The second-order valence-electron chi connectivity index (χ2n) is 7.34. The minimum atomic E-state index is -0.254. The Balaban J connectivity index is 1.65. The molecular weight excluding hydrogens is 583 g/mol. The van der Waals surface area contributed by atoms with Crippen LogP contribution in [-0.2, 0) is 17.8 Å². The molecule has 0 saturated carbocycles. The quantitative estimate of drug-likeness (QED) is 0.173. The molecule has 3 aromatic rings. The lowest BCUT2D eigenvalue weighted by atomic mass is 10.1. The highest BCUT2D eigenvalue weighted by Gasteiger charge is 2.13. The van der Waals surface area contributed by atoms with Crippen molar-refractivity contribution < 1.29 is 23.7 Å². The van der Waals surface area contributed by atoms with E-state index >= 15 is 0 Å². The van der Waals surface area contributed by atoms with Gasteiger partial charge in [0.05, 0.1) is 37.0 Å². The number of carbonyl (C=O) groups is 1. The van der Waals surface area contributed by atoms with E-state index in [1.807, 2.05) is 49.4 Å². The molecule has 1 amide bonds. The summed E-state index contributed by atoms with van der Waals surface area (Å²) in [4.78, 5) is 12.3. The van der Waals surface area contributed by atoms with Crippen LogP contribution in [0.1, 0.15) is 23.6 Å². The van der Waals surface area contributed by atoms with Crippen LogP contribution < -0.4 is 24.4 Å². The second kappa shape index (κ2) is 13.2. The van der Waals surface area contributed by atoms with Crippen LogP contribution in [0.15, 0.2) is 59.7 Å². The average Bonchev–Trinajstić information content (AvgIpc) is 2.84. The van der Waals surface area contributed by atoms with Crippen LogP contribution in [0.3, 0.4) is 0 Å².